The van der Waals surface area contributed by atoms with E-state index >= 15 is 0 Å². The van der Waals surface area contributed by atoms with Gasteiger partial charge in [-0.05, 0) is 41.1 Å². The molecule has 0 aromatic heterocycles. The second kappa shape index (κ2) is 12.3. The summed E-state index contributed by atoms with van der Waals surface area (Å²) in [6.45, 7) is 11.0. The Hall–Kier alpha value is -1.72. The highest BCUT2D eigenvalue weighted by atomic mass is 28.4. The lowest BCUT2D eigenvalue weighted by atomic mass is 10.1. The van der Waals surface area contributed by atoms with Crippen LogP contribution in [0.2, 0.25) is 5.04 Å². The first kappa shape index (κ1) is 25.5. The van der Waals surface area contributed by atoms with Crippen LogP contribution in [0.3, 0.4) is 0 Å². The summed E-state index contributed by atoms with van der Waals surface area (Å²) in [4.78, 5) is 0. The van der Waals surface area contributed by atoms with Crippen LogP contribution >= 0.6 is 0 Å². The fourth-order valence-corrected chi connectivity index (χ4v) is 9.10. The molecule has 0 spiro atoms. The fraction of sp³-hybridized carbons (Fsp3) is 0.481. The Balaban J connectivity index is 2.35. The third-order valence-corrected chi connectivity index (χ3v) is 11.0. The SMILES string of the molecule is C=CCC(CCCCC(OC)OC)O[Si](c1ccccc1)(c1ccccc1)C(C)(C)C. The monoisotopic (exact) mass is 440 g/mol. The second-order valence-corrected chi connectivity index (χ2v) is 13.4. The highest BCUT2D eigenvalue weighted by Crippen LogP contribution is 2.38. The van der Waals surface area contributed by atoms with E-state index in [4.69, 9.17) is 13.9 Å². The van der Waals surface area contributed by atoms with E-state index in [-0.39, 0.29) is 17.4 Å². The predicted octanol–water partition coefficient (Wildman–Crippen LogP) is 5.69. The Bertz CT molecular complexity index is 712. The molecule has 0 heterocycles. The van der Waals surface area contributed by atoms with Crippen LogP contribution in [-0.4, -0.2) is 34.9 Å². The van der Waals surface area contributed by atoms with E-state index in [9.17, 15) is 0 Å². The van der Waals surface area contributed by atoms with Crippen molar-refractivity contribution in [2.45, 2.75) is 70.3 Å². The van der Waals surface area contributed by atoms with Crippen molar-refractivity contribution >= 4 is 18.7 Å². The minimum absolute atomic E-state index is 0.0215. The van der Waals surface area contributed by atoms with Gasteiger partial charge in [0.05, 0.1) is 0 Å². The van der Waals surface area contributed by atoms with Crippen LogP contribution in [0.25, 0.3) is 0 Å². The van der Waals surface area contributed by atoms with Crippen molar-refractivity contribution in [2.75, 3.05) is 14.2 Å². The number of rotatable bonds is 13. The van der Waals surface area contributed by atoms with Gasteiger partial charge >= 0.3 is 0 Å². The lowest BCUT2D eigenvalue weighted by Crippen LogP contribution is -2.67. The van der Waals surface area contributed by atoms with Gasteiger partial charge in [-0.1, -0.05) is 93.9 Å². The Labute approximate surface area is 190 Å². The van der Waals surface area contributed by atoms with Crippen LogP contribution < -0.4 is 10.4 Å². The van der Waals surface area contributed by atoms with Crippen LogP contribution in [0.4, 0.5) is 0 Å². The third-order valence-electron chi connectivity index (χ3n) is 5.93. The quantitative estimate of drug-likeness (QED) is 0.173. The largest absolute Gasteiger partial charge is 0.404 e. The topological polar surface area (TPSA) is 27.7 Å². The zero-order valence-corrected chi connectivity index (χ0v) is 21.0. The van der Waals surface area contributed by atoms with Gasteiger partial charge in [-0.3, -0.25) is 0 Å². The van der Waals surface area contributed by atoms with Crippen molar-refractivity contribution in [3.63, 3.8) is 0 Å². The van der Waals surface area contributed by atoms with E-state index in [1.54, 1.807) is 14.2 Å². The molecule has 2 aromatic rings. The Morgan fingerprint density at radius 1 is 0.839 bits per heavy atom. The molecule has 0 bridgehead atoms. The van der Waals surface area contributed by atoms with Crippen molar-refractivity contribution in [1.29, 1.82) is 0 Å². The zero-order chi connectivity index (χ0) is 22.7. The molecule has 31 heavy (non-hydrogen) atoms. The van der Waals surface area contributed by atoms with Crippen LogP contribution in [0.5, 0.6) is 0 Å². The molecule has 0 aliphatic carbocycles. The predicted molar refractivity (Wildman–Crippen MR) is 134 cm³/mol. The summed E-state index contributed by atoms with van der Waals surface area (Å²) in [5, 5.41) is 2.62. The second-order valence-electron chi connectivity index (χ2n) is 9.11. The van der Waals surface area contributed by atoms with E-state index < -0.39 is 8.32 Å². The van der Waals surface area contributed by atoms with Gasteiger partial charge in [0, 0.05) is 20.3 Å². The van der Waals surface area contributed by atoms with E-state index in [1.807, 2.05) is 6.08 Å². The van der Waals surface area contributed by atoms with Crippen molar-refractivity contribution in [3.05, 3.63) is 73.3 Å². The van der Waals surface area contributed by atoms with Gasteiger partial charge in [-0.15, -0.1) is 6.58 Å². The van der Waals surface area contributed by atoms with E-state index in [2.05, 4.69) is 88.0 Å². The lowest BCUT2D eigenvalue weighted by Gasteiger charge is -2.45. The molecule has 2 rings (SSSR count). The van der Waals surface area contributed by atoms with Crippen molar-refractivity contribution < 1.29 is 13.9 Å². The molecule has 0 aliphatic heterocycles. The number of ether oxygens (including phenoxy) is 2. The Morgan fingerprint density at radius 3 is 1.74 bits per heavy atom. The molecule has 0 N–H and O–H groups in total. The molecule has 0 fully saturated rings. The standard InChI is InChI=1S/C27H40O3Si/c1-7-16-23(17-14-15-22-26(28-5)29-6)30-31(27(2,3)4,24-18-10-8-11-19-24)25-20-12-9-13-21-25/h7-13,18-21,23,26H,1,14-17,22H2,2-6H3. The highest BCUT2D eigenvalue weighted by Gasteiger charge is 2.51. The fourth-order valence-electron chi connectivity index (χ4n) is 4.37. The van der Waals surface area contributed by atoms with Crippen LogP contribution in [0.15, 0.2) is 73.3 Å². The molecule has 3 nitrogen and oxygen atoms in total. The first-order valence-corrected chi connectivity index (χ1v) is 13.2. The van der Waals surface area contributed by atoms with Gasteiger partial charge in [0.25, 0.3) is 8.32 Å². The average molecular weight is 441 g/mol. The summed E-state index contributed by atoms with van der Waals surface area (Å²) in [6.07, 6.45) is 6.86. The van der Waals surface area contributed by atoms with Crippen LogP contribution in [0, 0.1) is 0 Å². The van der Waals surface area contributed by atoms with Crippen LogP contribution in [0.1, 0.15) is 52.9 Å². The minimum Gasteiger partial charge on any atom is -0.404 e. The molecule has 0 radical (unpaired) electrons. The van der Waals surface area contributed by atoms with Gasteiger partial charge in [0.15, 0.2) is 6.29 Å². The first-order valence-electron chi connectivity index (χ1n) is 11.3. The maximum atomic E-state index is 7.28. The summed E-state index contributed by atoms with van der Waals surface area (Å²) < 4.78 is 17.9. The molecular weight excluding hydrogens is 400 g/mol. The number of hydrogen-bond acceptors (Lipinski definition) is 3. The lowest BCUT2D eigenvalue weighted by molar-refractivity contribution is -0.107. The molecule has 0 saturated carbocycles. The molecular formula is C27H40O3Si. The summed E-state index contributed by atoms with van der Waals surface area (Å²) in [5.41, 5.74) is 0. The normalized spacial score (nSPS) is 13.4. The van der Waals surface area contributed by atoms with Gasteiger partial charge in [0.1, 0.15) is 0 Å². The number of hydrogen-bond donors (Lipinski definition) is 0. The Morgan fingerprint density at radius 2 is 1.32 bits per heavy atom. The van der Waals surface area contributed by atoms with E-state index in [0.717, 1.165) is 32.1 Å². The molecule has 4 heteroatoms. The number of methoxy groups -OCH3 is 2. The van der Waals surface area contributed by atoms with E-state index in [1.165, 1.54) is 10.4 Å². The summed E-state index contributed by atoms with van der Waals surface area (Å²) in [7, 11) is 0.848. The summed E-state index contributed by atoms with van der Waals surface area (Å²) in [6, 6.07) is 21.7. The highest BCUT2D eigenvalue weighted by molar-refractivity contribution is 6.99. The molecule has 170 valence electrons. The zero-order valence-electron chi connectivity index (χ0n) is 20.0. The van der Waals surface area contributed by atoms with Crippen molar-refractivity contribution in [1.82, 2.24) is 0 Å². The maximum Gasteiger partial charge on any atom is 0.261 e. The third kappa shape index (κ3) is 6.63. The van der Waals surface area contributed by atoms with Crippen LogP contribution in [-0.2, 0) is 13.9 Å². The Kier molecular flexibility index (Phi) is 10.2. The maximum absolute atomic E-state index is 7.28. The molecule has 0 amide bonds. The summed E-state index contributed by atoms with van der Waals surface area (Å²) >= 11 is 0. The molecule has 0 saturated heterocycles. The molecule has 1 atom stereocenters. The first-order chi connectivity index (χ1) is 14.9. The average Bonchev–Trinajstić information content (AvgIpc) is 2.77. The minimum atomic E-state index is -2.54. The molecule has 0 aliphatic rings. The van der Waals surface area contributed by atoms with E-state index in [0.29, 0.717) is 0 Å². The van der Waals surface area contributed by atoms with Crippen molar-refractivity contribution in [3.8, 4) is 0 Å². The van der Waals surface area contributed by atoms with Gasteiger partial charge < -0.3 is 13.9 Å². The van der Waals surface area contributed by atoms with Gasteiger partial charge in [-0.25, -0.2) is 0 Å². The van der Waals surface area contributed by atoms with Gasteiger partial charge in [0.2, 0.25) is 0 Å². The molecule has 2 aromatic carbocycles. The number of unbranched alkanes of at least 4 members (excludes halogenated alkanes) is 1. The molecule has 1 unspecified atom stereocenters. The summed E-state index contributed by atoms with van der Waals surface area (Å²) in [5.74, 6) is 0. The number of benzene rings is 2. The smallest absolute Gasteiger partial charge is 0.261 e. The van der Waals surface area contributed by atoms with Gasteiger partial charge in [-0.2, -0.15) is 0 Å². The van der Waals surface area contributed by atoms with Crippen molar-refractivity contribution in [2.24, 2.45) is 0 Å².